The number of nitrogens with zero attached hydrogens (tertiary/aromatic N) is 4. The number of primary amides is 1. The van der Waals surface area contributed by atoms with E-state index in [0.717, 1.165) is 18.8 Å². The average molecular weight is 810 g/mol. The van der Waals surface area contributed by atoms with Crippen LogP contribution in [-0.2, 0) is 27.1 Å². The first-order valence-electron chi connectivity index (χ1n) is 20.7. The monoisotopic (exact) mass is 809 g/mol. The standard InChI is InChI=1S/C36H51N7O6.C10H12/c1-5-43(6-2)30-10-11-32(31(26-30)33-25-27(34(38)44)12-14-39-33)40-35(45)28-8-7-9-29(24-28)36(46)42(4)16-15-41(3)17-19-48-21-23-49-22-20-47-18-13-37;1-2-6-10-8-4-3-7-9(10)5-1/h7-12,14,24-26H,5-6,13,15-23,37H2,1-4H3,(H2,38,44)(H,40,45);1-2,5-6H,3-4,7-8H2. The van der Waals surface area contributed by atoms with Gasteiger partial charge in [0.1, 0.15) is 0 Å². The maximum Gasteiger partial charge on any atom is 0.255 e. The van der Waals surface area contributed by atoms with E-state index < -0.39 is 5.91 Å². The van der Waals surface area contributed by atoms with Crippen LogP contribution in [0.25, 0.3) is 11.3 Å². The number of fused-ring (bicyclic) bond motifs is 1. The lowest BCUT2D eigenvalue weighted by atomic mass is 9.92. The van der Waals surface area contributed by atoms with Gasteiger partial charge in [0, 0.05) is 80.5 Å². The smallest absolute Gasteiger partial charge is 0.255 e. The maximum atomic E-state index is 13.5. The van der Waals surface area contributed by atoms with Crippen molar-refractivity contribution in [2.75, 3.05) is 103 Å². The van der Waals surface area contributed by atoms with Gasteiger partial charge in [-0.25, -0.2) is 0 Å². The van der Waals surface area contributed by atoms with Crippen molar-refractivity contribution in [3.63, 3.8) is 0 Å². The Labute approximate surface area is 350 Å². The fraction of sp³-hybridized carbons (Fsp3) is 0.435. The fourth-order valence-electron chi connectivity index (χ4n) is 6.63. The summed E-state index contributed by atoms with van der Waals surface area (Å²) < 4.78 is 16.3. The van der Waals surface area contributed by atoms with Gasteiger partial charge in [0.25, 0.3) is 11.8 Å². The molecule has 0 bridgehead atoms. The summed E-state index contributed by atoms with van der Waals surface area (Å²) in [6, 6.07) is 24.3. The fourth-order valence-corrected chi connectivity index (χ4v) is 6.63. The second-order valence-corrected chi connectivity index (χ2v) is 14.4. The Morgan fingerprint density at radius 1 is 0.712 bits per heavy atom. The lowest BCUT2D eigenvalue weighted by molar-refractivity contribution is 0.0127. The highest BCUT2D eigenvalue weighted by Gasteiger charge is 2.18. The minimum absolute atomic E-state index is 0.191. The minimum atomic E-state index is -0.570. The number of pyridine rings is 1. The van der Waals surface area contributed by atoms with Gasteiger partial charge in [0.05, 0.1) is 51.0 Å². The molecular formula is C46H63N7O6. The van der Waals surface area contributed by atoms with Crippen molar-refractivity contribution < 1.29 is 28.6 Å². The molecule has 59 heavy (non-hydrogen) atoms. The molecule has 0 aliphatic heterocycles. The van der Waals surface area contributed by atoms with E-state index in [1.807, 2.05) is 25.2 Å². The quantitative estimate of drug-likeness (QED) is 0.0861. The number of hydrogen-bond acceptors (Lipinski definition) is 10. The number of nitrogens with two attached hydrogens (primary N) is 2. The van der Waals surface area contributed by atoms with Gasteiger partial charge in [-0.2, -0.15) is 0 Å². The Morgan fingerprint density at radius 2 is 1.36 bits per heavy atom. The number of benzene rings is 3. The first-order chi connectivity index (χ1) is 28.6. The number of carbonyl (C=O) groups excluding carboxylic acids is 3. The molecule has 13 nitrogen and oxygen atoms in total. The molecule has 5 N–H and O–H groups in total. The molecule has 13 heteroatoms. The van der Waals surface area contributed by atoms with E-state index in [2.05, 4.69) is 58.2 Å². The number of likely N-dealkylation sites (N-methyl/N-ethyl adjacent to an activating group) is 2. The predicted octanol–water partition coefficient (Wildman–Crippen LogP) is 5.52. The van der Waals surface area contributed by atoms with Crippen LogP contribution in [-0.4, -0.2) is 126 Å². The molecule has 0 fully saturated rings. The van der Waals surface area contributed by atoms with Crippen LogP contribution in [0.15, 0.2) is 85.1 Å². The maximum absolute atomic E-state index is 13.5. The van der Waals surface area contributed by atoms with Gasteiger partial charge in [-0.3, -0.25) is 19.4 Å². The molecule has 0 saturated heterocycles. The summed E-state index contributed by atoms with van der Waals surface area (Å²) in [5.74, 6) is -1.14. The lowest BCUT2D eigenvalue weighted by Crippen LogP contribution is -2.36. The summed E-state index contributed by atoms with van der Waals surface area (Å²) in [7, 11) is 3.71. The normalized spacial score (nSPS) is 12.0. The third-order valence-corrected chi connectivity index (χ3v) is 10.1. The molecule has 1 aromatic heterocycles. The summed E-state index contributed by atoms with van der Waals surface area (Å²) in [6.07, 6.45) is 6.89. The van der Waals surface area contributed by atoms with Crippen LogP contribution in [0.1, 0.15) is 68.9 Å². The van der Waals surface area contributed by atoms with E-state index in [1.54, 1.807) is 59.5 Å². The molecule has 0 spiro atoms. The van der Waals surface area contributed by atoms with Crippen molar-refractivity contribution in [2.24, 2.45) is 11.5 Å². The third-order valence-electron chi connectivity index (χ3n) is 10.1. The Morgan fingerprint density at radius 3 is 2.00 bits per heavy atom. The number of hydrogen-bond donors (Lipinski definition) is 3. The van der Waals surface area contributed by atoms with Gasteiger partial charge in [-0.15, -0.1) is 0 Å². The molecule has 1 aliphatic carbocycles. The molecule has 5 rings (SSSR count). The summed E-state index contributed by atoms with van der Waals surface area (Å²) in [5.41, 5.74) is 17.7. The van der Waals surface area contributed by atoms with E-state index >= 15 is 0 Å². The van der Waals surface area contributed by atoms with Crippen LogP contribution in [0.4, 0.5) is 11.4 Å². The van der Waals surface area contributed by atoms with Crippen LogP contribution in [0, 0.1) is 0 Å². The molecule has 1 aliphatic rings. The molecule has 0 atom stereocenters. The molecule has 4 aromatic rings. The number of carbonyl (C=O) groups is 3. The van der Waals surface area contributed by atoms with Crippen molar-refractivity contribution in [1.29, 1.82) is 0 Å². The Bertz CT molecular complexity index is 1900. The van der Waals surface area contributed by atoms with Gasteiger partial charge in [0.2, 0.25) is 5.91 Å². The number of amides is 3. The minimum Gasteiger partial charge on any atom is -0.378 e. The molecule has 0 radical (unpaired) electrons. The number of aromatic nitrogens is 1. The molecular weight excluding hydrogens is 747 g/mol. The van der Waals surface area contributed by atoms with Crippen LogP contribution in [0.2, 0.25) is 0 Å². The number of aryl methyl sites for hydroxylation is 2. The topological polar surface area (TPSA) is 166 Å². The van der Waals surface area contributed by atoms with Crippen LogP contribution in [0.5, 0.6) is 0 Å². The summed E-state index contributed by atoms with van der Waals surface area (Å²) in [4.78, 5) is 49.1. The molecule has 3 amide bonds. The predicted molar refractivity (Wildman–Crippen MR) is 235 cm³/mol. The zero-order valence-corrected chi connectivity index (χ0v) is 35.3. The van der Waals surface area contributed by atoms with E-state index in [0.29, 0.717) is 99.5 Å². The van der Waals surface area contributed by atoms with E-state index in [9.17, 15) is 14.4 Å². The zero-order valence-electron chi connectivity index (χ0n) is 35.3. The van der Waals surface area contributed by atoms with E-state index in [1.165, 1.54) is 31.9 Å². The first kappa shape index (κ1) is 46.5. The van der Waals surface area contributed by atoms with Crippen LogP contribution < -0.4 is 21.7 Å². The van der Waals surface area contributed by atoms with Gasteiger partial charge in [-0.1, -0.05) is 30.3 Å². The summed E-state index contributed by atoms with van der Waals surface area (Å²) in [5, 5.41) is 2.98. The second-order valence-electron chi connectivity index (χ2n) is 14.4. The molecule has 1 heterocycles. The first-order valence-corrected chi connectivity index (χ1v) is 20.7. The Balaban J connectivity index is 0.000000660. The summed E-state index contributed by atoms with van der Waals surface area (Å²) in [6.45, 7) is 11.2. The lowest BCUT2D eigenvalue weighted by Gasteiger charge is -2.23. The Hall–Kier alpha value is -5.18. The molecule has 0 unspecified atom stereocenters. The Kier molecular flexibility index (Phi) is 20.0. The zero-order chi connectivity index (χ0) is 42.4. The van der Waals surface area contributed by atoms with Crippen molar-refractivity contribution >= 4 is 29.1 Å². The van der Waals surface area contributed by atoms with Gasteiger partial charge in [0.15, 0.2) is 0 Å². The molecule has 3 aromatic carbocycles. The highest BCUT2D eigenvalue weighted by atomic mass is 16.5. The highest BCUT2D eigenvalue weighted by Crippen LogP contribution is 2.32. The largest absolute Gasteiger partial charge is 0.378 e. The van der Waals surface area contributed by atoms with Gasteiger partial charge < -0.3 is 45.7 Å². The SMILES string of the molecule is CCN(CC)c1ccc(NC(=O)c2cccc(C(=O)N(C)CCN(C)CCOCCOCCOCCN)c2)c(-c2cc(C(N)=O)ccn2)c1.c1ccc2c(c1)CCCC2. The third kappa shape index (κ3) is 15.2. The van der Waals surface area contributed by atoms with Gasteiger partial charge >= 0.3 is 0 Å². The summed E-state index contributed by atoms with van der Waals surface area (Å²) >= 11 is 0. The number of rotatable bonds is 22. The van der Waals surface area contributed by atoms with Crippen LogP contribution in [0.3, 0.4) is 0 Å². The molecule has 0 saturated carbocycles. The van der Waals surface area contributed by atoms with Crippen molar-refractivity contribution in [1.82, 2.24) is 14.8 Å². The van der Waals surface area contributed by atoms with Crippen molar-refractivity contribution in [2.45, 2.75) is 39.5 Å². The highest BCUT2D eigenvalue weighted by molar-refractivity contribution is 6.08. The van der Waals surface area contributed by atoms with Crippen molar-refractivity contribution in [3.05, 3.63) is 113 Å². The van der Waals surface area contributed by atoms with Crippen LogP contribution >= 0.6 is 0 Å². The van der Waals surface area contributed by atoms with E-state index in [4.69, 9.17) is 25.7 Å². The van der Waals surface area contributed by atoms with E-state index in [-0.39, 0.29) is 11.8 Å². The van der Waals surface area contributed by atoms with Crippen molar-refractivity contribution in [3.8, 4) is 11.3 Å². The molecule has 318 valence electrons. The average Bonchev–Trinajstić information content (AvgIpc) is 3.27. The second kappa shape index (κ2) is 25.3. The number of ether oxygens (including phenoxy) is 3. The number of anilines is 2. The van der Waals surface area contributed by atoms with Gasteiger partial charge in [-0.05, 0) is 106 Å². The number of nitrogens with one attached hydrogen (secondary N) is 1.